The quantitative estimate of drug-likeness (QED) is 0.222. The maximum absolute atomic E-state index is 13.3. The van der Waals surface area contributed by atoms with Gasteiger partial charge in [0, 0.05) is 29.8 Å². The molecular formula is C40H40ClNO6. The van der Waals surface area contributed by atoms with E-state index in [0.29, 0.717) is 23.6 Å². The first kappa shape index (κ1) is 33.4. The topological polar surface area (TPSA) is 93.1 Å². The molecule has 8 heteroatoms. The van der Waals surface area contributed by atoms with Gasteiger partial charge in [0.25, 0.3) is 0 Å². The number of nitrogens with zero attached hydrogens (tertiary/aromatic N) is 1. The number of fused-ring (bicyclic) bond motifs is 4. The predicted octanol–water partition coefficient (Wildman–Crippen LogP) is 7.84. The van der Waals surface area contributed by atoms with Crippen molar-refractivity contribution in [3.05, 3.63) is 124 Å². The van der Waals surface area contributed by atoms with Crippen molar-refractivity contribution in [3.63, 3.8) is 0 Å². The Kier molecular flexibility index (Phi) is 9.46. The van der Waals surface area contributed by atoms with Gasteiger partial charge in [-0.1, -0.05) is 84.4 Å². The van der Waals surface area contributed by atoms with E-state index < -0.39 is 17.7 Å². The van der Waals surface area contributed by atoms with Crippen molar-refractivity contribution in [1.29, 1.82) is 0 Å². The molecular weight excluding hydrogens is 626 g/mol. The van der Waals surface area contributed by atoms with Gasteiger partial charge in [-0.3, -0.25) is 9.59 Å². The van der Waals surface area contributed by atoms with Gasteiger partial charge in [-0.15, -0.1) is 0 Å². The number of ether oxygens (including phenoxy) is 2. The average Bonchev–Trinajstić information content (AvgIpc) is 3.37. The molecule has 0 saturated heterocycles. The van der Waals surface area contributed by atoms with E-state index in [4.69, 9.17) is 21.1 Å². The highest BCUT2D eigenvalue weighted by molar-refractivity contribution is 6.30. The second-order valence-electron chi connectivity index (χ2n) is 13.6. The van der Waals surface area contributed by atoms with Crippen molar-refractivity contribution in [2.24, 2.45) is 5.92 Å². The smallest absolute Gasteiger partial charge is 0.337 e. The van der Waals surface area contributed by atoms with Crippen molar-refractivity contribution in [1.82, 2.24) is 4.90 Å². The minimum absolute atomic E-state index is 0.0181. The molecule has 2 unspecified atom stereocenters. The minimum Gasteiger partial charge on any atom is -0.479 e. The number of hydrogen-bond acceptors (Lipinski definition) is 5. The van der Waals surface area contributed by atoms with Crippen molar-refractivity contribution in [3.8, 4) is 11.1 Å². The molecule has 0 saturated carbocycles. The van der Waals surface area contributed by atoms with Gasteiger partial charge in [0.1, 0.15) is 6.61 Å². The van der Waals surface area contributed by atoms with E-state index in [1.807, 2.05) is 76.2 Å². The summed E-state index contributed by atoms with van der Waals surface area (Å²) in [5.41, 5.74) is 6.81. The number of aliphatic carboxylic acids is 1. The van der Waals surface area contributed by atoms with E-state index in [0.717, 1.165) is 27.8 Å². The van der Waals surface area contributed by atoms with E-state index in [-0.39, 0.29) is 42.8 Å². The Bertz CT molecular complexity index is 1790. The summed E-state index contributed by atoms with van der Waals surface area (Å²) < 4.78 is 11.9. The molecule has 3 aromatic rings. The highest BCUT2D eigenvalue weighted by atomic mass is 35.5. The molecule has 1 aliphatic heterocycles. The van der Waals surface area contributed by atoms with Crippen LogP contribution in [0.4, 0.5) is 0 Å². The molecule has 0 spiro atoms. The first-order chi connectivity index (χ1) is 22.9. The Morgan fingerprint density at radius 1 is 0.958 bits per heavy atom. The molecule has 0 aromatic heterocycles. The fourth-order valence-electron chi connectivity index (χ4n) is 7.19. The minimum atomic E-state index is -1.22. The van der Waals surface area contributed by atoms with Crippen molar-refractivity contribution in [2.75, 3.05) is 13.2 Å². The zero-order chi connectivity index (χ0) is 34.2. The van der Waals surface area contributed by atoms with Gasteiger partial charge in [0.05, 0.1) is 11.6 Å². The SMILES string of the molecule is CC1=CC2C(C=CC(=O)N2CCCC(=O)OCC2c3ccccc3-c3ccccc32)C(c2ccc(Cl)cc2)=C1[C@H](OC(C)(C)C)C(=O)O. The van der Waals surface area contributed by atoms with Crippen molar-refractivity contribution < 1.29 is 29.0 Å². The lowest BCUT2D eigenvalue weighted by Crippen LogP contribution is -2.48. The summed E-state index contributed by atoms with van der Waals surface area (Å²) in [6.07, 6.45) is 4.70. The number of carbonyl (C=O) groups excluding carboxylic acids is 2. The van der Waals surface area contributed by atoms with Crippen LogP contribution in [0.3, 0.4) is 0 Å². The first-order valence-corrected chi connectivity index (χ1v) is 16.7. The Hall–Kier alpha value is -4.46. The van der Waals surface area contributed by atoms with Gasteiger partial charge < -0.3 is 19.5 Å². The van der Waals surface area contributed by atoms with Crippen LogP contribution in [0.1, 0.15) is 63.1 Å². The van der Waals surface area contributed by atoms with Gasteiger partial charge in [0.15, 0.2) is 6.10 Å². The normalized spacial score (nSPS) is 19.4. The van der Waals surface area contributed by atoms with Gasteiger partial charge in [0.2, 0.25) is 5.91 Å². The number of carboxylic acids is 1. The monoisotopic (exact) mass is 665 g/mol. The summed E-state index contributed by atoms with van der Waals surface area (Å²) in [7, 11) is 0. The average molecular weight is 666 g/mol. The van der Waals surface area contributed by atoms with Crippen molar-refractivity contribution in [2.45, 2.75) is 64.2 Å². The largest absolute Gasteiger partial charge is 0.479 e. The van der Waals surface area contributed by atoms with Crippen LogP contribution in [0, 0.1) is 5.92 Å². The highest BCUT2D eigenvalue weighted by Gasteiger charge is 2.42. The van der Waals surface area contributed by atoms with Crippen LogP contribution >= 0.6 is 11.6 Å². The van der Waals surface area contributed by atoms with Crippen LogP contribution in [-0.2, 0) is 23.9 Å². The van der Waals surface area contributed by atoms with E-state index in [1.54, 1.807) is 17.0 Å². The molecule has 2 aliphatic carbocycles. The Morgan fingerprint density at radius 3 is 2.19 bits per heavy atom. The van der Waals surface area contributed by atoms with Crippen molar-refractivity contribution >= 4 is 35.0 Å². The van der Waals surface area contributed by atoms with Crippen LogP contribution < -0.4 is 0 Å². The standard InChI is InChI=1S/C40H40ClNO6/c1-24-22-33-31(37(25-15-17-26(41)18-16-25)36(24)38(39(45)46)48-40(2,3)4)19-20-34(43)42(33)21-9-14-35(44)47-23-32-29-12-7-5-10-27(29)28-11-6-8-13-30(28)32/h5-8,10-13,15-20,22,31-33,38H,9,14,21,23H2,1-4H3,(H,45,46)/t31?,33?,38-/m0/s1. The second-order valence-corrected chi connectivity index (χ2v) is 14.0. The number of carbonyl (C=O) groups is 3. The van der Waals surface area contributed by atoms with Gasteiger partial charge in [-0.25, -0.2) is 4.79 Å². The molecule has 1 amide bonds. The Balaban J connectivity index is 1.19. The second kappa shape index (κ2) is 13.6. The molecule has 7 nitrogen and oxygen atoms in total. The maximum atomic E-state index is 13.3. The summed E-state index contributed by atoms with van der Waals surface area (Å²) in [5.74, 6) is -1.91. The fraction of sp³-hybridized carbons (Fsp3) is 0.325. The Morgan fingerprint density at radius 2 is 1.58 bits per heavy atom. The molecule has 0 fully saturated rings. The van der Waals surface area contributed by atoms with E-state index >= 15 is 0 Å². The lowest BCUT2D eigenvalue weighted by molar-refractivity contribution is -0.155. The van der Waals surface area contributed by atoms with Crippen LogP contribution in [0.15, 0.2) is 102 Å². The van der Waals surface area contributed by atoms with E-state index in [2.05, 4.69) is 24.3 Å². The summed E-state index contributed by atoms with van der Waals surface area (Å²) in [6, 6.07) is 23.4. The third kappa shape index (κ3) is 6.75. The molecule has 0 radical (unpaired) electrons. The molecule has 3 aromatic carbocycles. The zero-order valence-electron chi connectivity index (χ0n) is 27.6. The van der Waals surface area contributed by atoms with Crippen LogP contribution in [0.2, 0.25) is 5.02 Å². The highest BCUT2D eigenvalue weighted by Crippen LogP contribution is 2.46. The number of rotatable bonds is 10. The van der Waals surface area contributed by atoms with E-state index in [9.17, 15) is 19.5 Å². The van der Waals surface area contributed by atoms with Crippen LogP contribution in [0.5, 0.6) is 0 Å². The first-order valence-electron chi connectivity index (χ1n) is 16.3. The van der Waals surface area contributed by atoms with Gasteiger partial charge >= 0.3 is 11.9 Å². The van der Waals surface area contributed by atoms with Gasteiger partial charge in [-0.05, 0) is 96.9 Å². The molecule has 48 heavy (non-hydrogen) atoms. The fourth-order valence-corrected chi connectivity index (χ4v) is 7.31. The zero-order valence-corrected chi connectivity index (χ0v) is 28.4. The summed E-state index contributed by atoms with van der Waals surface area (Å²) in [6.45, 7) is 7.93. The lowest BCUT2D eigenvalue weighted by atomic mass is 9.73. The summed E-state index contributed by atoms with van der Waals surface area (Å²) in [4.78, 5) is 40.7. The van der Waals surface area contributed by atoms with E-state index in [1.165, 1.54) is 17.2 Å². The number of esters is 1. The maximum Gasteiger partial charge on any atom is 0.337 e. The third-order valence-electron chi connectivity index (χ3n) is 9.19. The Labute approximate surface area is 286 Å². The van der Waals surface area contributed by atoms with Gasteiger partial charge in [-0.2, -0.15) is 0 Å². The molecule has 248 valence electrons. The molecule has 1 N–H and O–H groups in total. The molecule has 3 atom stereocenters. The third-order valence-corrected chi connectivity index (χ3v) is 9.44. The summed E-state index contributed by atoms with van der Waals surface area (Å²) >= 11 is 6.23. The number of halogens is 1. The number of carboxylic acid groups (broad SMARTS) is 1. The number of hydrogen-bond donors (Lipinski definition) is 1. The number of benzene rings is 3. The predicted molar refractivity (Wildman–Crippen MR) is 186 cm³/mol. The van der Waals surface area contributed by atoms with Crippen LogP contribution in [0.25, 0.3) is 16.7 Å². The molecule has 0 bridgehead atoms. The van der Waals surface area contributed by atoms with Crippen LogP contribution in [-0.4, -0.2) is 58.8 Å². The number of amides is 1. The summed E-state index contributed by atoms with van der Waals surface area (Å²) in [5, 5.41) is 10.9. The lowest BCUT2D eigenvalue weighted by Gasteiger charge is -2.43. The molecule has 1 heterocycles. The molecule has 6 rings (SSSR count). The molecule has 3 aliphatic rings.